The number of nitrogens with one attached hydrogen (secondary N) is 2. The van der Waals surface area contributed by atoms with E-state index >= 15 is 0 Å². The van der Waals surface area contributed by atoms with Gasteiger partial charge in [-0.05, 0) is 25.1 Å². The molecule has 0 aliphatic rings. The first kappa shape index (κ1) is 18.4. The van der Waals surface area contributed by atoms with E-state index in [1.54, 1.807) is 24.3 Å². The summed E-state index contributed by atoms with van der Waals surface area (Å²) >= 11 is 1.10. The quantitative estimate of drug-likeness (QED) is 0.533. The van der Waals surface area contributed by atoms with Crippen LogP contribution in [0.3, 0.4) is 0 Å². The molecule has 0 amide bonds. The molecule has 0 spiro atoms. The standard InChI is InChI=1S/C15H19FN4O2S2/c1-2-18-15(19-9-11-5-3-4-6-13(11)16)20-10-12-7-8-14(23-12)24(17,21)22/h3-8H,2,9-10H2,1H3,(H2,17,21,22)(H2,18,19,20). The maximum atomic E-state index is 13.6. The molecule has 1 aromatic carbocycles. The third-order valence-corrected chi connectivity index (χ3v) is 5.58. The van der Waals surface area contributed by atoms with Crippen molar-refractivity contribution < 1.29 is 12.8 Å². The Morgan fingerprint density at radius 2 is 2.00 bits per heavy atom. The molecular formula is C15H19FN4O2S2. The Balaban J connectivity index is 2.02. The van der Waals surface area contributed by atoms with E-state index in [1.165, 1.54) is 12.1 Å². The van der Waals surface area contributed by atoms with Crippen LogP contribution in [-0.4, -0.2) is 20.9 Å². The zero-order valence-corrected chi connectivity index (χ0v) is 14.8. The number of primary sulfonamides is 1. The zero-order chi connectivity index (χ0) is 17.6. The first-order valence-corrected chi connectivity index (χ1v) is 9.63. The first-order valence-electron chi connectivity index (χ1n) is 7.27. The number of halogens is 1. The van der Waals surface area contributed by atoms with Gasteiger partial charge < -0.3 is 10.6 Å². The van der Waals surface area contributed by atoms with Crippen LogP contribution >= 0.6 is 11.3 Å². The van der Waals surface area contributed by atoms with Crippen LogP contribution in [0.2, 0.25) is 0 Å². The molecular weight excluding hydrogens is 351 g/mol. The largest absolute Gasteiger partial charge is 0.357 e. The van der Waals surface area contributed by atoms with Gasteiger partial charge in [-0.15, -0.1) is 11.3 Å². The van der Waals surface area contributed by atoms with E-state index in [0.717, 1.165) is 16.2 Å². The predicted octanol–water partition coefficient (Wildman–Crippen LogP) is 1.79. The smallest absolute Gasteiger partial charge is 0.247 e. The Bertz CT molecular complexity index is 818. The number of benzene rings is 1. The lowest BCUT2D eigenvalue weighted by Gasteiger charge is -2.10. The van der Waals surface area contributed by atoms with Crippen molar-refractivity contribution in [1.82, 2.24) is 10.6 Å². The second kappa shape index (κ2) is 8.22. The average Bonchev–Trinajstić information content (AvgIpc) is 3.00. The minimum Gasteiger partial charge on any atom is -0.357 e. The Kier molecular flexibility index (Phi) is 6.29. The van der Waals surface area contributed by atoms with E-state index in [4.69, 9.17) is 5.14 Å². The number of nitrogens with zero attached hydrogens (tertiary/aromatic N) is 1. The Morgan fingerprint density at radius 3 is 2.62 bits per heavy atom. The zero-order valence-electron chi connectivity index (χ0n) is 13.1. The lowest BCUT2D eigenvalue weighted by molar-refractivity contribution is 0.599. The van der Waals surface area contributed by atoms with Crippen molar-refractivity contribution in [2.75, 3.05) is 6.54 Å². The molecule has 24 heavy (non-hydrogen) atoms. The summed E-state index contributed by atoms with van der Waals surface area (Å²) < 4.78 is 36.3. The van der Waals surface area contributed by atoms with Gasteiger partial charge >= 0.3 is 0 Å². The van der Waals surface area contributed by atoms with Gasteiger partial charge in [-0.3, -0.25) is 0 Å². The van der Waals surface area contributed by atoms with Crippen LogP contribution in [0.25, 0.3) is 0 Å². The molecule has 0 unspecified atom stereocenters. The minimum atomic E-state index is -3.68. The van der Waals surface area contributed by atoms with Crippen molar-refractivity contribution in [3.63, 3.8) is 0 Å². The van der Waals surface area contributed by atoms with Gasteiger partial charge in [0.1, 0.15) is 10.0 Å². The van der Waals surface area contributed by atoms with Gasteiger partial charge in [-0.2, -0.15) is 0 Å². The third-order valence-electron chi connectivity index (χ3n) is 3.06. The van der Waals surface area contributed by atoms with Gasteiger partial charge in [0.15, 0.2) is 5.96 Å². The normalized spacial score (nSPS) is 12.2. The Hall–Kier alpha value is -1.97. The van der Waals surface area contributed by atoms with Gasteiger partial charge in [0.25, 0.3) is 0 Å². The lowest BCUT2D eigenvalue weighted by atomic mass is 10.2. The highest BCUT2D eigenvalue weighted by Crippen LogP contribution is 2.19. The van der Waals surface area contributed by atoms with Crippen molar-refractivity contribution in [3.8, 4) is 0 Å². The lowest BCUT2D eigenvalue weighted by Crippen LogP contribution is -2.36. The maximum absolute atomic E-state index is 13.6. The van der Waals surface area contributed by atoms with Crippen LogP contribution in [0.5, 0.6) is 0 Å². The van der Waals surface area contributed by atoms with Gasteiger partial charge in [0.2, 0.25) is 10.0 Å². The number of rotatable bonds is 6. The summed E-state index contributed by atoms with van der Waals surface area (Å²) in [6.45, 7) is 3.17. The van der Waals surface area contributed by atoms with Crippen LogP contribution in [0, 0.1) is 5.82 Å². The summed E-state index contributed by atoms with van der Waals surface area (Å²) in [5, 5.41) is 11.2. The highest BCUT2D eigenvalue weighted by Gasteiger charge is 2.11. The van der Waals surface area contributed by atoms with Crippen LogP contribution in [0.15, 0.2) is 45.6 Å². The highest BCUT2D eigenvalue weighted by molar-refractivity contribution is 7.91. The molecule has 9 heteroatoms. The number of nitrogens with two attached hydrogens (primary N) is 1. The number of sulfonamides is 1. The van der Waals surface area contributed by atoms with E-state index in [0.29, 0.717) is 24.6 Å². The molecule has 0 fully saturated rings. The van der Waals surface area contributed by atoms with Gasteiger partial charge in [-0.1, -0.05) is 18.2 Å². The number of aliphatic imine (C=N–C) groups is 1. The van der Waals surface area contributed by atoms with Crippen molar-refractivity contribution in [2.45, 2.75) is 24.2 Å². The average molecular weight is 370 g/mol. The molecule has 0 aliphatic carbocycles. The van der Waals surface area contributed by atoms with Gasteiger partial charge in [0, 0.05) is 17.0 Å². The first-order chi connectivity index (χ1) is 11.4. The fourth-order valence-corrected chi connectivity index (χ4v) is 3.63. The minimum absolute atomic E-state index is 0.118. The summed E-state index contributed by atoms with van der Waals surface area (Å²) in [4.78, 5) is 5.13. The third kappa shape index (κ3) is 5.29. The van der Waals surface area contributed by atoms with E-state index in [2.05, 4.69) is 15.6 Å². The molecule has 6 nitrogen and oxygen atoms in total. The molecule has 0 atom stereocenters. The van der Waals surface area contributed by atoms with Crippen LogP contribution in [0.4, 0.5) is 4.39 Å². The van der Waals surface area contributed by atoms with Crippen LogP contribution in [-0.2, 0) is 23.1 Å². The summed E-state index contributed by atoms with van der Waals surface area (Å²) in [7, 11) is -3.68. The fourth-order valence-electron chi connectivity index (χ4n) is 1.91. The van der Waals surface area contributed by atoms with Crippen LogP contribution in [0.1, 0.15) is 17.4 Å². The van der Waals surface area contributed by atoms with E-state index in [-0.39, 0.29) is 16.6 Å². The van der Waals surface area contributed by atoms with Crippen LogP contribution < -0.4 is 15.8 Å². The maximum Gasteiger partial charge on any atom is 0.247 e. The molecule has 0 radical (unpaired) electrons. The Labute approximate surface area is 144 Å². The summed E-state index contributed by atoms with van der Waals surface area (Å²) in [5.41, 5.74) is 0.502. The Morgan fingerprint density at radius 1 is 1.25 bits per heavy atom. The number of hydrogen-bond donors (Lipinski definition) is 3. The summed E-state index contributed by atoms with van der Waals surface area (Å²) in [5.74, 6) is 0.222. The molecule has 1 heterocycles. The summed E-state index contributed by atoms with van der Waals surface area (Å²) in [6, 6.07) is 9.63. The van der Waals surface area contributed by atoms with Crippen molar-refractivity contribution in [2.24, 2.45) is 10.1 Å². The molecule has 0 saturated heterocycles. The molecule has 2 aromatic rings. The topological polar surface area (TPSA) is 96.6 Å². The molecule has 0 saturated carbocycles. The second-order valence-electron chi connectivity index (χ2n) is 4.91. The van der Waals surface area contributed by atoms with Crippen molar-refractivity contribution in [1.29, 1.82) is 0 Å². The number of guanidine groups is 1. The SMILES string of the molecule is CCNC(=NCc1ccccc1F)NCc1ccc(S(N)(=O)=O)s1. The van der Waals surface area contributed by atoms with Crippen molar-refractivity contribution >= 4 is 27.3 Å². The van der Waals surface area contributed by atoms with Gasteiger partial charge in [0.05, 0.1) is 13.1 Å². The number of hydrogen-bond acceptors (Lipinski definition) is 4. The molecule has 0 aliphatic heterocycles. The van der Waals surface area contributed by atoms with E-state index < -0.39 is 10.0 Å². The predicted molar refractivity (Wildman–Crippen MR) is 93.7 cm³/mol. The van der Waals surface area contributed by atoms with E-state index in [1.807, 2.05) is 6.92 Å². The van der Waals surface area contributed by atoms with E-state index in [9.17, 15) is 12.8 Å². The molecule has 2 rings (SSSR count). The molecule has 0 bridgehead atoms. The monoisotopic (exact) mass is 370 g/mol. The molecule has 1 aromatic heterocycles. The molecule has 4 N–H and O–H groups in total. The van der Waals surface area contributed by atoms with Gasteiger partial charge in [-0.25, -0.2) is 22.9 Å². The summed E-state index contributed by atoms with van der Waals surface area (Å²) in [6.07, 6.45) is 0. The number of thiophene rings is 1. The fraction of sp³-hybridized carbons (Fsp3) is 0.267. The molecule has 130 valence electrons. The highest BCUT2D eigenvalue weighted by atomic mass is 32.2. The second-order valence-corrected chi connectivity index (χ2v) is 7.86. The van der Waals surface area contributed by atoms with Crippen molar-refractivity contribution in [3.05, 3.63) is 52.7 Å².